The molecule has 0 spiro atoms. The first-order valence-electron chi connectivity index (χ1n) is 12.4. The molecule has 0 saturated carbocycles. The molecular formula is C28H32N6O4. The molecule has 0 saturated heterocycles. The summed E-state index contributed by atoms with van der Waals surface area (Å²) < 4.78 is 12.5. The molecule has 4 rings (SSSR count). The van der Waals surface area contributed by atoms with Crippen LogP contribution in [0.4, 0.5) is 5.69 Å². The molecule has 0 unspecified atom stereocenters. The summed E-state index contributed by atoms with van der Waals surface area (Å²) in [5, 5.41) is 11.4. The van der Waals surface area contributed by atoms with Crippen LogP contribution in [0, 0.1) is 5.92 Å². The van der Waals surface area contributed by atoms with Gasteiger partial charge in [0.25, 0.3) is 0 Å². The van der Waals surface area contributed by atoms with E-state index in [-0.39, 0.29) is 18.4 Å². The van der Waals surface area contributed by atoms with E-state index in [0.29, 0.717) is 46.2 Å². The Morgan fingerprint density at radius 1 is 1.03 bits per heavy atom. The Kier molecular flexibility index (Phi) is 8.52. The third-order valence-electron chi connectivity index (χ3n) is 6.17. The predicted molar refractivity (Wildman–Crippen MR) is 144 cm³/mol. The van der Waals surface area contributed by atoms with Crippen LogP contribution in [0.25, 0.3) is 11.0 Å². The maximum atomic E-state index is 14.1. The molecule has 0 aliphatic heterocycles. The SMILES string of the molecule is COc1ccc(N(C(=O)Cn2nnc3ccccc32)[C@H](C(=O)NCCC(C)C)c2ccncc2)c(OC)c1. The summed E-state index contributed by atoms with van der Waals surface area (Å²) in [6.45, 7) is 4.52. The fraction of sp³-hybridized carbons (Fsp3) is 0.321. The van der Waals surface area contributed by atoms with E-state index in [4.69, 9.17) is 9.47 Å². The average molecular weight is 517 g/mol. The minimum Gasteiger partial charge on any atom is -0.497 e. The highest BCUT2D eigenvalue weighted by Gasteiger charge is 2.35. The summed E-state index contributed by atoms with van der Waals surface area (Å²) >= 11 is 0. The molecule has 198 valence electrons. The predicted octanol–water partition coefficient (Wildman–Crippen LogP) is 3.78. The van der Waals surface area contributed by atoms with Gasteiger partial charge in [0, 0.05) is 25.0 Å². The smallest absolute Gasteiger partial charge is 0.249 e. The van der Waals surface area contributed by atoms with Gasteiger partial charge in [-0.1, -0.05) is 31.2 Å². The number of hydrogen-bond acceptors (Lipinski definition) is 7. The van der Waals surface area contributed by atoms with Crippen molar-refractivity contribution < 1.29 is 19.1 Å². The van der Waals surface area contributed by atoms with Crippen molar-refractivity contribution in [2.24, 2.45) is 5.92 Å². The number of carbonyl (C=O) groups is 2. The van der Waals surface area contributed by atoms with Gasteiger partial charge in [-0.3, -0.25) is 19.5 Å². The van der Waals surface area contributed by atoms with Gasteiger partial charge in [-0.25, -0.2) is 4.68 Å². The summed E-state index contributed by atoms with van der Waals surface area (Å²) in [7, 11) is 3.06. The van der Waals surface area contributed by atoms with E-state index < -0.39 is 6.04 Å². The molecule has 2 amide bonds. The van der Waals surface area contributed by atoms with Crippen molar-refractivity contribution in [1.82, 2.24) is 25.3 Å². The van der Waals surface area contributed by atoms with Crippen LogP contribution in [-0.4, -0.2) is 52.6 Å². The van der Waals surface area contributed by atoms with Crippen LogP contribution in [0.2, 0.25) is 0 Å². The second kappa shape index (κ2) is 12.2. The first-order valence-corrected chi connectivity index (χ1v) is 12.4. The van der Waals surface area contributed by atoms with Crippen molar-refractivity contribution in [2.45, 2.75) is 32.9 Å². The Morgan fingerprint density at radius 3 is 2.50 bits per heavy atom. The molecule has 2 aromatic heterocycles. The molecule has 1 N–H and O–H groups in total. The van der Waals surface area contributed by atoms with E-state index in [0.717, 1.165) is 6.42 Å². The molecular weight excluding hydrogens is 484 g/mol. The van der Waals surface area contributed by atoms with Gasteiger partial charge in [-0.05, 0) is 54.3 Å². The third-order valence-corrected chi connectivity index (χ3v) is 6.17. The molecule has 0 aliphatic rings. The Balaban J connectivity index is 1.81. The van der Waals surface area contributed by atoms with E-state index in [1.807, 2.05) is 24.3 Å². The molecule has 10 nitrogen and oxygen atoms in total. The number of ether oxygens (including phenoxy) is 2. The van der Waals surface area contributed by atoms with Crippen LogP contribution < -0.4 is 19.7 Å². The lowest BCUT2D eigenvalue weighted by atomic mass is 10.0. The number of hydrogen-bond donors (Lipinski definition) is 1. The number of nitrogens with one attached hydrogen (secondary N) is 1. The number of fused-ring (bicyclic) bond motifs is 1. The first-order chi connectivity index (χ1) is 18.4. The molecule has 2 aromatic carbocycles. The highest BCUT2D eigenvalue weighted by Crippen LogP contribution is 2.37. The van der Waals surface area contributed by atoms with Crippen LogP contribution in [0.15, 0.2) is 67.0 Å². The number of para-hydroxylation sites is 1. The number of rotatable bonds is 11. The van der Waals surface area contributed by atoms with Gasteiger partial charge in [-0.2, -0.15) is 0 Å². The van der Waals surface area contributed by atoms with Crippen molar-refractivity contribution in [3.05, 3.63) is 72.6 Å². The summed E-state index contributed by atoms with van der Waals surface area (Å²) in [6, 6.07) is 15.0. The van der Waals surface area contributed by atoms with Crippen molar-refractivity contribution in [2.75, 3.05) is 25.7 Å². The first kappa shape index (κ1) is 26.6. The van der Waals surface area contributed by atoms with Crippen LogP contribution in [0.3, 0.4) is 0 Å². The maximum Gasteiger partial charge on any atom is 0.249 e. The van der Waals surface area contributed by atoms with Gasteiger partial charge in [0.15, 0.2) is 0 Å². The van der Waals surface area contributed by atoms with Crippen molar-refractivity contribution in [1.29, 1.82) is 0 Å². The summed E-state index contributed by atoms with van der Waals surface area (Å²) in [4.78, 5) is 33.4. The Hall–Kier alpha value is -4.47. The van der Waals surface area contributed by atoms with Gasteiger partial charge >= 0.3 is 0 Å². The van der Waals surface area contributed by atoms with Crippen LogP contribution in [0.1, 0.15) is 31.9 Å². The lowest BCUT2D eigenvalue weighted by Gasteiger charge is -2.32. The Bertz CT molecular complexity index is 1390. The zero-order chi connectivity index (χ0) is 27.1. The fourth-order valence-electron chi connectivity index (χ4n) is 4.18. The number of aromatic nitrogens is 4. The van der Waals surface area contributed by atoms with Gasteiger partial charge in [0.05, 0.1) is 25.4 Å². The van der Waals surface area contributed by atoms with E-state index in [2.05, 4.69) is 34.5 Å². The van der Waals surface area contributed by atoms with Gasteiger partial charge in [-0.15, -0.1) is 5.10 Å². The molecule has 0 radical (unpaired) electrons. The van der Waals surface area contributed by atoms with Crippen LogP contribution in [-0.2, 0) is 16.1 Å². The van der Waals surface area contributed by atoms with Gasteiger partial charge in [0.1, 0.15) is 29.6 Å². The monoisotopic (exact) mass is 516 g/mol. The van der Waals surface area contributed by atoms with Crippen LogP contribution in [0.5, 0.6) is 11.5 Å². The van der Waals surface area contributed by atoms with Crippen molar-refractivity contribution >= 4 is 28.5 Å². The largest absolute Gasteiger partial charge is 0.497 e. The summed E-state index contributed by atoms with van der Waals surface area (Å²) in [5.41, 5.74) is 2.41. The fourth-order valence-corrected chi connectivity index (χ4v) is 4.18. The molecule has 10 heteroatoms. The lowest BCUT2D eigenvalue weighted by Crippen LogP contribution is -2.45. The van der Waals surface area contributed by atoms with E-state index in [9.17, 15) is 9.59 Å². The zero-order valence-corrected chi connectivity index (χ0v) is 22.0. The zero-order valence-electron chi connectivity index (χ0n) is 22.0. The molecule has 0 fully saturated rings. The molecule has 1 atom stereocenters. The number of methoxy groups -OCH3 is 2. The highest BCUT2D eigenvalue weighted by atomic mass is 16.5. The Morgan fingerprint density at radius 2 is 1.79 bits per heavy atom. The van der Waals surface area contributed by atoms with E-state index >= 15 is 0 Å². The number of amides is 2. The van der Waals surface area contributed by atoms with Crippen molar-refractivity contribution in [3.63, 3.8) is 0 Å². The molecule has 38 heavy (non-hydrogen) atoms. The summed E-state index contributed by atoms with van der Waals surface area (Å²) in [5.74, 6) is 0.670. The minimum absolute atomic E-state index is 0.142. The number of carbonyl (C=O) groups excluding carboxylic acids is 2. The second-order valence-corrected chi connectivity index (χ2v) is 9.19. The molecule has 0 aliphatic carbocycles. The number of nitrogens with zero attached hydrogens (tertiary/aromatic N) is 5. The van der Waals surface area contributed by atoms with Crippen LogP contribution >= 0.6 is 0 Å². The standard InChI is InChI=1S/C28H32N6O4/c1-19(2)11-16-30-28(36)27(20-12-14-29-15-13-20)34(24-10-9-21(37-3)17-25(24)38-4)26(35)18-33-23-8-6-5-7-22(23)31-32-33/h5-10,12-15,17,19,27H,11,16,18H2,1-4H3,(H,30,36)/t27-/m0/s1. The van der Waals surface area contributed by atoms with Gasteiger partial charge < -0.3 is 14.8 Å². The quantitative estimate of drug-likeness (QED) is 0.323. The summed E-state index contributed by atoms with van der Waals surface area (Å²) in [6.07, 6.45) is 4.00. The number of anilines is 1. The Labute approximate surface area is 221 Å². The number of benzene rings is 2. The van der Waals surface area contributed by atoms with E-state index in [1.165, 1.54) is 16.7 Å². The topological polar surface area (TPSA) is 111 Å². The lowest BCUT2D eigenvalue weighted by molar-refractivity contribution is -0.127. The average Bonchev–Trinajstić information content (AvgIpc) is 3.34. The van der Waals surface area contributed by atoms with Crippen molar-refractivity contribution in [3.8, 4) is 11.5 Å². The molecule has 2 heterocycles. The normalized spacial score (nSPS) is 11.8. The van der Waals surface area contributed by atoms with Gasteiger partial charge in [0.2, 0.25) is 11.8 Å². The molecule has 0 bridgehead atoms. The second-order valence-electron chi connectivity index (χ2n) is 9.19. The minimum atomic E-state index is -0.991. The van der Waals surface area contributed by atoms with E-state index in [1.54, 1.807) is 49.8 Å². The maximum absolute atomic E-state index is 14.1. The number of pyridine rings is 1. The highest BCUT2D eigenvalue weighted by molar-refractivity contribution is 6.02. The molecule has 4 aromatic rings. The third kappa shape index (κ3) is 5.91.